The Morgan fingerprint density at radius 1 is 1.21 bits per heavy atom. The number of halogens is 3. The molecule has 1 amide bonds. The van der Waals surface area contributed by atoms with Crippen molar-refractivity contribution in [2.75, 3.05) is 5.32 Å². The first-order valence-corrected chi connectivity index (χ1v) is 8.80. The molecule has 0 radical (unpaired) electrons. The molecule has 0 unspecified atom stereocenters. The van der Waals surface area contributed by atoms with Crippen LogP contribution in [0.5, 0.6) is 0 Å². The maximum atomic E-state index is 13.8. The summed E-state index contributed by atoms with van der Waals surface area (Å²) in [5, 5.41) is 21.1. The Balaban J connectivity index is 1.98. The van der Waals surface area contributed by atoms with E-state index in [2.05, 4.69) is 15.3 Å². The number of aromatic nitrogens is 2. The topological polar surface area (TPSA) is 102 Å². The lowest BCUT2D eigenvalue weighted by molar-refractivity contribution is -0.118. The number of benzene rings is 1. The van der Waals surface area contributed by atoms with Crippen LogP contribution in [0.3, 0.4) is 0 Å². The minimum absolute atomic E-state index is 0.126. The Morgan fingerprint density at radius 2 is 1.89 bits per heavy atom. The standard InChI is InChI=1S/C19H14ClF2N5O/c20-15-9-26-16(10-25-15)27-18(28)17(13-1-2-19(21,22)6-13)14-4-11(7-23)3-12(5-14)8-24/h3-5,9-10,13,17H,1-2,6H2,(H,26,27,28)/t13-,17+/m0/s1. The van der Waals surface area contributed by atoms with Crippen molar-refractivity contribution in [2.24, 2.45) is 5.92 Å². The average Bonchev–Trinajstić information content (AvgIpc) is 3.02. The van der Waals surface area contributed by atoms with Crippen LogP contribution in [0, 0.1) is 28.6 Å². The molecule has 2 atom stereocenters. The van der Waals surface area contributed by atoms with Crippen LogP contribution in [0.2, 0.25) is 5.15 Å². The van der Waals surface area contributed by atoms with Crippen LogP contribution in [-0.2, 0) is 4.79 Å². The highest BCUT2D eigenvalue weighted by Crippen LogP contribution is 2.46. The highest BCUT2D eigenvalue weighted by atomic mass is 35.5. The van der Waals surface area contributed by atoms with Gasteiger partial charge in [-0.15, -0.1) is 0 Å². The van der Waals surface area contributed by atoms with Crippen LogP contribution in [0.25, 0.3) is 0 Å². The van der Waals surface area contributed by atoms with Crippen LogP contribution in [0.4, 0.5) is 14.6 Å². The molecule has 6 nitrogen and oxygen atoms in total. The Kier molecular flexibility index (Phi) is 5.53. The fourth-order valence-electron chi connectivity index (χ4n) is 3.45. The van der Waals surface area contributed by atoms with Crippen molar-refractivity contribution in [2.45, 2.75) is 31.1 Å². The van der Waals surface area contributed by atoms with Crippen LogP contribution in [0.1, 0.15) is 41.9 Å². The van der Waals surface area contributed by atoms with Gasteiger partial charge in [0.1, 0.15) is 5.15 Å². The second kappa shape index (κ2) is 7.87. The predicted molar refractivity (Wildman–Crippen MR) is 96.6 cm³/mol. The van der Waals surface area contributed by atoms with Gasteiger partial charge in [0.15, 0.2) is 5.82 Å². The lowest BCUT2D eigenvalue weighted by Crippen LogP contribution is -2.28. The minimum Gasteiger partial charge on any atom is -0.309 e. The zero-order valence-electron chi connectivity index (χ0n) is 14.5. The smallest absolute Gasteiger partial charge is 0.248 e. The summed E-state index contributed by atoms with van der Waals surface area (Å²) in [4.78, 5) is 20.7. The van der Waals surface area contributed by atoms with E-state index in [-0.39, 0.29) is 34.9 Å². The second-order valence-corrected chi connectivity index (χ2v) is 7.00. The van der Waals surface area contributed by atoms with E-state index in [0.29, 0.717) is 5.56 Å². The predicted octanol–water partition coefficient (Wildman–Crippen LogP) is 4.03. The van der Waals surface area contributed by atoms with Gasteiger partial charge in [0, 0.05) is 12.8 Å². The number of anilines is 1. The van der Waals surface area contributed by atoms with E-state index >= 15 is 0 Å². The van der Waals surface area contributed by atoms with Gasteiger partial charge in [-0.2, -0.15) is 10.5 Å². The van der Waals surface area contributed by atoms with Crippen molar-refractivity contribution in [3.8, 4) is 12.1 Å². The van der Waals surface area contributed by atoms with Gasteiger partial charge in [-0.05, 0) is 36.1 Å². The van der Waals surface area contributed by atoms with Gasteiger partial charge in [-0.3, -0.25) is 4.79 Å². The van der Waals surface area contributed by atoms with E-state index in [1.807, 2.05) is 12.1 Å². The van der Waals surface area contributed by atoms with Gasteiger partial charge in [0.25, 0.3) is 0 Å². The number of nitrogens with one attached hydrogen (secondary N) is 1. The van der Waals surface area contributed by atoms with Crippen molar-refractivity contribution in [1.82, 2.24) is 9.97 Å². The van der Waals surface area contributed by atoms with Crippen molar-refractivity contribution in [3.05, 3.63) is 52.4 Å². The molecule has 1 saturated carbocycles. The molecule has 1 heterocycles. The highest BCUT2D eigenvalue weighted by molar-refractivity contribution is 6.29. The average molecular weight is 402 g/mol. The SMILES string of the molecule is N#Cc1cc(C#N)cc([C@H](C(=O)Nc2cnc(Cl)cn2)[C@H]2CCC(F)(F)C2)c1. The third-order valence-electron chi connectivity index (χ3n) is 4.64. The van der Waals surface area contributed by atoms with E-state index in [4.69, 9.17) is 11.6 Å². The monoisotopic (exact) mass is 401 g/mol. The third-order valence-corrected chi connectivity index (χ3v) is 4.84. The van der Waals surface area contributed by atoms with Gasteiger partial charge in [-0.1, -0.05) is 11.6 Å². The molecule has 3 rings (SSSR count). The summed E-state index contributed by atoms with van der Waals surface area (Å²) in [6.07, 6.45) is 1.89. The first kappa shape index (κ1) is 19.7. The Bertz CT molecular complexity index is 949. The molecular weight excluding hydrogens is 388 g/mol. The molecular formula is C19H14ClF2N5O. The maximum Gasteiger partial charge on any atom is 0.248 e. The van der Waals surface area contributed by atoms with Crippen molar-refractivity contribution < 1.29 is 13.6 Å². The molecule has 0 spiro atoms. The number of alkyl halides is 2. The molecule has 28 heavy (non-hydrogen) atoms. The van der Waals surface area contributed by atoms with Gasteiger partial charge in [0.05, 0.1) is 41.6 Å². The molecule has 1 aliphatic carbocycles. The van der Waals surface area contributed by atoms with Gasteiger partial charge in [0.2, 0.25) is 11.8 Å². The summed E-state index contributed by atoms with van der Waals surface area (Å²) in [5.74, 6) is -4.89. The molecule has 1 aliphatic rings. The Hall–Kier alpha value is -3.10. The number of amides is 1. The van der Waals surface area contributed by atoms with E-state index in [9.17, 15) is 24.1 Å². The number of nitrogens with zero attached hydrogens (tertiary/aromatic N) is 4. The molecule has 1 fully saturated rings. The normalized spacial score (nSPS) is 18.7. The fourth-order valence-corrected chi connectivity index (χ4v) is 3.55. The third kappa shape index (κ3) is 4.41. The van der Waals surface area contributed by atoms with Crippen LogP contribution in [0.15, 0.2) is 30.6 Å². The zero-order chi connectivity index (χ0) is 20.3. The summed E-state index contributed by atoms with van der Waals surface area (Å²) in [7, 11) is 0. The minimum atomic E-state index is -2.85. The first-order chi connectivity index (χ1) is 13.3. The van der Waals surface area contributed by atoms with Crippen LogP contribution < -0.4 is 5.32 Å². The molecule has 1 aromatic carbocycles. The van der Waals surface area contributed by atoms with Gasteiger partial charge >= 0.3 is 0 Å². The first-order valence-electron chi connectivity index (χ1n) is 8.43. The number of nitriles is 2. The molecule has 142 valence electrons. The summed E-state index contributed by atoms with van der Waals surface area (Å²) in [6, 6.07) is 8.15. The van der Waals surface area contributed by atoms with E-state index < -0.39 is 30.1 Å². The molecule has 0 bridgehead atoms. The fraction of sp³-hybridized carbons (Fsp3) is 0.316. The summed E-state index contributed by atoms with van der Waals surface area (Å²) in [6.45, 7) is 0. The van der Waals surface area contributed by atoms with Gasteiger partial charge in [-0.25, -0.2) is 18.7 Å². The van der Waals surface area contributed by atoms with E-state index in [1.54, 1.807) is 0 Å². The molecule has 1 N–H and O–H groups in total. The number of carbonyl (C=O) groups is 1. The van der Waals surface area contributed by atoms with Crippen molar-refractivity contribution in [1.29, 1.82) is 10.5 Å². The molecule has 0 aliphatic heterocycles. The van der Waals surface area contributed by atoms with Gasteiger partial charge < -0.3 is 5.32 Å². The molecule has 1 aromatic heterocycles. The Morgan fingerprint density at radius 3 is 2.39 bits per heavy atom. The Labute approximate surface area is 164 Å². The number of hydrogen-bond donors (Lipinski definition) is 1. The van der Waals surface area contributed by atoms with Crippen molar-refractivity contribution >= 4 is 23.3 Å². The molecule has 2 aromatic rings. The van der Waals surface area contributed by atoms with E-state index in [1.165, 1.54) is 30.6 Å². The molecule has 9 heteroatoms. The zero-order valence-corrected chi connectivity index (χ0v) is 15.2. The summed E-state index contributed by atoms with van der Waals surface area (Å²) < 4.78 is 27.6. The molecule has 0 saturated heterocycles. The number of rotatable bonds is 4. The second-order valence-electron chi connectivity index (χ2n) is 6.62. The maximum absolute atomic E-state index is 13.8. The van der Waals surface area contributed by atoms with Crippen LogP contribution in [-0.4, -0.2) is 21.8 Å². The quantitative estimate of drug-likeness (QED) is 0.833. The number of hydrogen-bond acceptors (Lipinski definition) is 5. The largest absolute Gasteiger partial charge is 0.309 e. The van der Waals surface area contributed by atoms with Crippen molar-refractivity contribution in [3.63, 3.8) is 0 Å². The summed E-state index contributed by atoms with van der Waals surface area (Å²) >= 11 is 5.68. The van der Waals surface area contributed by atoms with Crippen LogP contribution >= 0.6 is 11.6 Å². The van der Waals surface area contributed by atoms with E-state index in [0.717, 1.165) is 0 Å². The number of carbonyl (C=O) groups excluding carboxylic acids is 1. The lowest BCUT2D eigenvalue weighted by atomic mass is 9.82. The summed E-state index contributed by atoms with van der Waals surface area (Å²) in [5.41, 5.74) is 0.712. The highest BCUT2D eigenvalue weighted by Gasteiger charge is 2.45. The lowest BCUT2D eigenvalue weighted by Gasteiger charge is -2.23.